The summed E-state index contributed by atoms with van der Waals surface area (Å²) in [7, 11) is 2.14. The quantitative estimate of drug-likeness (QED) is 0.455. The summed E-state index contributed by atoms with van der Waals surface area (Å²) in [5.41, 5.74) is 3.92. The number of fused-ring (bicyclic) bond motifs is 1. The molecule has 0 bridgehead atoms. The summed E-state index contributed by atoms with van der Waals surface area (Å²) in [4.78, 5) is 29.2. The number of aromatic nitrogens is 5. The van der Waals surface area contributed by atoms with E-state index in [9.17, 15) is 0 Å². The van der Waals surface area contributed by atoms with Crippen LogP contribution in [0.5, 0.6) is 0 Å². The largest absolute Gasteiger partial charge is 0.378 e. The average molecular weight is 472 g/mol. The molecule has 2 aromatic heterocycles. The normalized spacial score (nSPS) is 17.2. The van der Waals surface area contributed by atoms with Crippen LogP contribution >= 0.6 is 0 Å². The molecular weight excluding hydrogens is 442 g/mol. The van der Waals surface area contributed by atoms with Crippen molar-refractivity contribution in [3.05, 3.63) is 48.5 Å². The molecule has 10 heteroatoms. The SMILES string of the molecule is CN1CCN(c2nc(Nc3ccc(-c4nc5ccccc5[nH]4)cc3)nc(N3CCOCC3)n2)CC1. The standard InChI is InChI=1S/C25H29N9O/c1-32-10-12-33(13-11-32)24-29-23(30-25(31-24)34-14-16-35-17-15-34)26-19-8-6-18(7-9-19)22-27-20-4-2-3-5-21(20)28-22/h2-9H,10-17H2,1H3,(H,27,28)(H,26,29,30,31). The Morgan fingerprint density at radius 2 is 1.46 bits per heavy atom. The van der Waals surface area contributed by atoms with Gasteiger partial charge in [0.2, 0.25) is 17.8 Å². The van der Waals surface area contributed by atoms with Crippen LogP contribution in [0, 0.1) is 0 Å². The summed E-state index contributed by atoms with van der Waals surface area (Å²) < 4.78 is 5.52. The van der Waals surface area contributed by atoms with Crippen LogP contribution in [-0.2, 0) is 4.74 Å². The average Bonchev–Trinajstić information content (AvgIpc) is 3.34. The molecule has 0 amide bonds. The third kappa shape index (κ3) is 4.75. The zero-order valence-electron chi connectivity index (χ0n) is 19.8. The monoisotopic (exact) mass is 471 g/mol. The van der Waals surface area contributed by atoms with E-state index in [2.05, 4.69) is 32.0 Å². The lowest BCUT2D eigenvalue weighted by Crippen LogP contribution is -2.45. The van der Waals surface area contributed by atoms with E-state index in [1.54, 1.807) is 0 Å². The third-order valence-electron chi connectivity index (χ3n) is 6.50. The van der Waals surface area contributed by atoms with E-state index in [4.69, 9.17) is 24.7 Å². The summed E-state index contributed by atoms with van der Waals surface area (Å²) in [6.07, 6.45) is 0. The number of H-pyrrole nitrogens is 1. The molecule has 2 aromatic carbocycles. The van der Waals surface area contributed by atoms with E-state index in [0.717, 1.165) is 73.3 Å². The van der Waals surface area contributed by atoms with Crippen LogP contribution in [0.2, 0.25) is 0 Å². The van der Waals surface area contributed by atoms with Gasteiger partial charge in [0.1, 0.15) is 5.82 Å². The second-order valence-corrected chi connectivity index (χ2v) is 8.95. The molecule has 0 saturated carbocycles. The molecule has 2 N–H and O–H groups in total. The topological polar surface area (TPSA) is 98.3 Å². The lowest BCUT2D eigenvalue weighted by Gasteiger charge is -2.33. The Kier molecular flexibility index (Phi) is 5.89. The first-order valence-electron chi connectivity index (χ1n) is 12.1. The molecule has 6 rings (SSSR count). The maximum absolute atomic E-state index is 5.52. The van der Waals surface area contributed by atoms with E-state index in [0.29, 0.717) is 25.1 Å². The summed E-state index contributed by atoms with van der Waals surface area (Å²) in [5.74, 6) is 2.81. The molecular formula is C25H29N9O. The van der Waals surface area contributed by atoms with Gasteiger partial charge >= 0.3 is 0 Å². The predicted molar refractivity (Wildman–Crippen MR) is 137 cm³/mol. The zero-order chi connectivity index (χ0) is 23.6. The van der Waals surface area contributed by atoms with Crippen LogP contribution < -0.4 is 15.1 Å². The summed E-state index contributed by atoms with van der Waals surface area (Å²) in [5, 5.41) is 3.39. The highest BCUT2D eigenvalue weighted by Crippen LogP contribution is 2.25. The second kappa shape index (κ2) is 9.47. The third-order valence-corrected chi connectivity index (χ3v) is 6.50. The van der Waals surface area contributed by atoms with Crippen molar-refractivity contribution in [2.45, 2.75) is 0 Å². The summed E-state index contributed by atoms with van der Waals surface area (Å²) in [6, 6.07) is 16.2. The van der Waals surface area contributed by atoms with E-state index >= 15 is 0 Å². The molecule has 0 unspecified atom stereocenters. The first kappa shape index (κ1) is 21.8. The number of hydrogen-bond donors (Lipinski definition) is 2. The Labute approximate surface area is 204 Å². The van der Waals surface area contributed by atoms with Crippen molar-refractivity contribution in [2.75, 3.05) is 74.6 Å². The van der Waals surface area contributed by atoms with Gasteiger partial charge in [-0.15, -0.1) is 0 Å². The van der Waals surface area contributed by atoms with Gasteiger partial charge in [-0.2, -0.15) is 15.0 Å². The molecule has 0 atom stereocenters. The number of imidazole rings is 1. The lowest BCUT2D eigenvalue weighted by molar-refractivity contribution is 0.122. The second-order valence-electron chi connectivity index (χ2n) is 8.95. The number of morpholine rings is 1. The first-order chi connectivity index (χ1) is 17.2. The van der Waals surface area contributed by atoms with Crippen molar-refractivity contribution in [1.82, 2.24) is 29.8 Å². The Hall–Kier alpha value is -3.76. The van der Waals surface area contributed by atoms with Gasteiger partial charge in [-0.1, -0.05) is 12.1 Å². The summed E-state index contributed by atoms with van der Waals surface area (Å²) in [6.45, 7) is 6.69. The molecule has 35 heavy (non-hydrogen) atoms. The Bertz CT molecular complexity index is 1260. The van der Waals surface area contributed by atoms with Gasteiger partial charge in [0.05, 0.1) is 24.2 Å². The Balaban J connectivity index is 1.25. The minimum Gasteiger partial charge on any atom is -0.378 e. The van der Waals surface area contributed by atoms with Crippen LogP contribution in [0.15, 0.2) is 48.5 Å². The number of nitrogens with one attached hydrogen (secondary N) is 2. The molecule has 2 aliphatic rings. The molecule has 2 saturated heterocycles. The number of nitrogens with zero attached hydrogens (tertiary/aromatic N) is 7. The Morgan fingerprint density at radius 3 is 2.17 bits per heavy atom. The van der Waals surface area contributed by atoms with Crippen molar-refractivity contribution in [3.8, 4) is 11.4 Å². The van der Waals surface area contributed by atoms with Gasteiger partial charge < -0.3 is 29.7 Å². The van der Waals surface area contributed by atoms with Gasteiger partial charge in [0.15, 0.2) is 0 Å². The smallest absolute Gasteiger partial charge is 0.233 e. The van der Waals surface area contributed by atoms with Gasteiger partial charge in [0.25, 0.3) is 0 Å². The highest BCUT2D eigenvalue weighted by atomic mass is 16.5. The number of hydrogen-bond acceptors (Lipinski definition) is 9. The van der Waals surface area contributed by atoms with Gasteiger partial charge in [-0.05, 0) is 43.4 Å². The van der Waals surface area contributed by atoms with Crippen molar-refractivity contribution < 1.29 is 4.74 Å². The van der Waals surface area contributed by atoms with Crippen LogP contribution in [0.25, 0.3) is 22.4 Å². The molecule has 4 heterocycles. The van der Waals surface area contributed by atoms with Crippen molar-refractivity contribution >= 4 is 34.6 Å². The van der Waals surface area contributed by atoms with Crippen LogP contribution in [0.1, 0.15) is 0 Å². The summed E-state index contributed by atoms with van der Waals surface area (Å²) >= 11 is 0. The number of anilines is 4. The van der Waals surface area contributed by atoms with Gasteiger partial charge in [0, 0.05) is 50.5 Å². The van der Waals surface area contributed by atoms with Crippen molar-refractivity contribution in [1.29, 1.82) is 0 Å². The fraction of sp³-hybridized carbons (Fsp3) is 0.360. The van der Waals surface area contributed by atoms with E-state index in [-0.39, 0.29) is 0 Å². The number of ether oxygens (including phenoxy) is 1. The van der Waals surface area contributed by atoms with Gasteiger partial charge in [-0.25, -0.2) is 4.98 Å². The Morgan fingerprint density at radius 1 is 0.771 bits per heavy atom. The number of aromatic amines is 1. The molecule has 0 radical (unpaired) electrons. The predicted octanol–water partition coefficient (Wildman–Crippen LogP) is 2.75. The highest BCUT2D eigenvalue weighted by Gasteiger charge is 2.21. The minimum absolute atomic E-state index is 0.548. The zero-order valence-corrected chi connectivity index (χ0v) is 19.8. The molecule has 2 aliphatic heterocycles. The highest BCUT2D eigenvalue weighted by molar-refractivity contribution is 5.79. The number of benzene rings is 2. The van der Waals surface area contributed by atoms with Crippen LogP contribution in [-0.4, -0.2) is 89.3 Å². The molecule has 2 fully saturated rings. The maximum Gasteiger partial charge on any atom is 0.233 e. The molecule has 4 aromatic rings. The number of para-hydroxylation sites is 2. The minimum atomic E-state index is 0.548. The molecule has 180 valence electrons. The fourth-order valence-electron chi connectivity index (χ4n) is 4.39. The number of rotatable bonds is 5. The molecule has 10 nitrogen and oxygen atoms in total. The lowest BCUT2D eigenvalue weighted by atomic mass is 10.2. The van der Waals surface area contributed by atoms with Gasteiger partial charge in [-0.3, -0.25) is 0 Å². The maximum atomic E-state index is 5.52. The number of piperazine rings is 1. The molecule has 0 spiro atoms. The van der Waals surface area contributed by atoms with Crippen molar-refractivity contribution in [3.63, 3.8) is 0 Å². The van der Waals surface area contributed by atoms with Crippen LogP contribution in [0.4, 0.5) is 23.5 Å². The van der Waals surface area contributed by atoms with E-state index in [1.165, 1.54) is 0 Å². The first-order valence-corrected chi connectivity index (χ1v) is 12.1. The van der Waals surface area contributed by atoms with Crippen molar-refractivity contribution in [2.24, 2.45) is 0 Å². The number of likely N-dealkylation sites (N-methyl/N-ethyl adjacent to an activating group) is 1. The molecule has 0 aliphatic carbocycles. The van der Waals surface area contributed by atoms with E-state index in [1.807, 2.05) is 48.5 Å². The fourth-order valence-corrected chi connectivity index (χ4v) is 4.39. The van der Waals surface area contributed by atoms with Crippen LogP contribution in [0.3, 0.4) is 0 Å². The van der Waals surface area contributed by atoms with E-state index < -0.39 is 0 Å².